The van der Waals surface area contributed by atoms with Crippen LogP contribution in [0.15, 0.2) is 28.8 Å². The Morgan fingerprint density at radius 2 is 2.20 bits per heavy atom. The van der Waals surface area contributed by atoms with E-state index < -0.39 is 5.82 Å². The van der Waals surface area contributed by atoms with Gasteiger partial charge >= 0.3 is 0 Å². The van der Waals surface area contributed by atoms with Gasteiger partial charge in [-0.1, -0.05) is 38.8 Å². The minimum absolute atomic E-state index is 0.1000. The zero-order chi connectivity index (χ0) is 10.8. The maximum absolute atomic E-state index is 13.2. The highest BCUT2D eigenvalue weighted by atomic mass is 79.9. The lowest BCUT2D eigenvalue weighted by Crippen LogP contribution is -1.81. The van der Waals surface area contributed by atoms with E-state index in [1.165, 1.54) is 12.1 Å². The van der Waals surface area contributed by atoms with Crippen LogP contribution in [0.2, 0.25) is 5.02 Å². The van der Waals surface area contributed by atoms with E-state index in [4.69, 9.17) is 16.1 Å². The Kier molecular flexibility index (Phi) is 3.07. The summed E-state index contributed by atoms with van der Waals surface area (Å²) in [6.07, 6.45) is 0. The van der Waals surface area contributed by atoms with E-state index in [2.05, 4.69) is 21.1 Å². The fourth-order valence-electron chi connectivity index (χ4n) is 1.17. The van der Waals surface area contributed by atoms with Crippen LogP contribution in [-0.4, -0.2) is 5.16 Å². The number of halogens is 3. The minimum atomic E-state index is -0.461. The van der Waals surface area contributed by atoms with Crippen LogP contribution in [0.5, 0.6) is 0 Å². The van der Waals surface area contributed by atoms with Crippen LogP contribution in [0, 0.1) is 5.82 Å². The van der Waals surface area contributed by atoms with E-state index >= 15 is 0 Å². The number of hydrogen-bond acceptors (Lipinski definition) is 2. The molecule has 0 N–H and O–H groups in total. The van der Waals surface area contributed by atoms with Gasteiger partial charge in [0.1, 0.15) is 17.3 Å². The smallest absolute Gasteiger partial charge is 0.147 e. The lowest BCUT2D eigenvalue weighted by molar-refractivity contribution is 0.398. The van der Waals surface area contributed by atoms with Crippen molar-refractivity contribution in [3.63, 3.8) is 0 Å². The van der Waals surface area contributed by atoms with Gasteiger partial charge in [0.15, 0.2) is 0 Å². The molecule has 1 aromatic carbocycles. The average molecular weight is 291 g/mol. The van der Waals surface area contributed by atoms with Crippen molar-refractivity contribution in [2.24, 2.45) is 0 Å². The zero-order valence-corrected chi connectivity index (χ0v) is 9.85. The largest absolute Gasteiger partial charge is 0.360 e. The van der Waals surface area contributed by atoms with Crippen LogP contribution < -0.4 is 0 Å². The predicted octanol–water partition coefficient (Wildman–Crippen LogP) is 4.03. The molecule has 5 heteroatoms. The minimum Gasteiger partial charge on any atom is -0.360 e. The predicted molar refractivity (Wildman–Crippen MR) is 59.5 cm³/mol. The molecular weight excluding hydrogens is 284 g/mol. The van der Waals surface area contributed by atoms with Crippen LogP contribution in [0.3, 0.4) is 0 Å². The molecular formula is C10H6BrClFNO. The van der Waals surface area contributed by atoms with Crippen molar-refractivity contribution in [3.05, 3.63) is 40.9 Å². The lowest BCUT2D eigenvalue weighted by Gasteiger charge is -1.96. The highest BCUT2D eigenvalue weighted by Crippen LogP contribution is 2.24. The Morgan fingerprint density at radius 3 is 2.80 bits per heavy atom. The van der Waals surface area contributed by atoms with Gasteiger partial charge in [-0.2, -0.15) is 0 Å². The molecule has 0 fully saturated rings. The molecule has 2 nitrogen and oxygen atoms in total. The number of benzene rings is 1. The Labute approximate surface area is 99.2 Å². The van der Waals surface area contributed by atoms with E-state index in [9.17, 15) is 4.39 Å². The van der Waals surface area contributed by atoms with Gasteiger partial charge in [-0.05, 0) is 12.1 Å². The summed E-state index contributed by atoms with van der Waals surface area (Å²) in [6, 6.07) is 6.27. The number of aromatic nitrogens is 1. The van der Waals surface area contributed by atoms with E-state index in [1.54, 1.807) is 12.1 Å². The van der Waals surface area contributed by atoms with Gasteiger partial charge in [-0.3, -0.25) is 0 Å². The fourth-order valence-corrected chi connectivity index (χ4v) is 1.55. The fraction of sp³-hybridized carbons (Fsp3) is 0.100. The second kappa shape index (κ2) is 4.33. The molecule has 0 spiro atoms. The molecule has 0 unspecified atom stereocenters. The van der Waals surface area contributed by atoms with E-state index in [0.717, 1.165) is 0 Å². The second-order valence-electron chi connectivity index (χ2n) is 2.94. The summed E-state index contributed by atoms with van der Waals surface area (Å²) in [6.45, 7) is 0. The molecule has 15 heavy (non-hydrogen) atoms. The first-order valence-electron chi connectivity index (χ1n) is 4.17. The number of hydrogen-bond donors (Lipinski definition) is 0. The first-order chi connectivity index (χ1) is 7.20. The third-order valence-corrected chi connectivity index (χ3v) is 2.77. The number of alkyl halides is 1. The van der Waals surface area contributed by atoms with Crippen molar-refractivity contribution in [1.82, 2.24) is 5.16 Å². The van der Waals surface area contributed by atoms with Crippen LogP contribution >= 0.6 is 27.5 Å². The summed E-state index contributed by atoms with van der Waals surface area (Å²) in [5.41, 5.74) is 1.24. The first-order valence-corrected chi connectivity index (χ1v) is 5.67. The molecule has 78 valence electrons. The van der Waals surface area contributed by atoms with Gasteiger partial charge < -0.3 is 4.52 Å². The molecule has 0 radical (unpaired) electrons. The van der Waals surface area contributed by atoms with Crippen molar-refractivity contribution in [1.29, 1.82) is 0 Å². The van der Waals surface area contributed by atoms with Crippen LogP contribution in [-0.2, 0) is 5.33 Å². The molecule has 0 saturated carbocycles. The molecule has 0 aliphatic heterocycles. The maximum atomic E-state index is 13.2. The summed E-state index contributed by atoms with van der Waals surface area (Å²) < 4.78 is 18.1. The monoisotopic (exact) mass is 289 g/mol. The number of rotatable bonds is 2. The molecule has 1 heterocycles. The normalized spacial score (nSPS) is 10.6. The van der Waals surface area contributed by atoms with Crippen LogP contribution in [0.4, 0.5) is 4.39 Å². The van der Waals surface area contributed by atoms with Crippen molar-refractivity contribution < 1.29 is 8.91 Å². The Balaban J connectivity index is 2.40. The summed E-state index contributed by atoms with van der Waals surface area (Å²) in [5, 5.41) is 4.49. The van der Waals surface area contributed by atoms with Gasteiger partial charge in [0, 0.05) is 11.6 Å². The molecule has 0 aliphatic rings. The highest BCUT2D eigenvalue weighted by Gasteiger charge is 2.08. The summed E-state index contributed by atoms with van der Waals surface area (Å²) in [4.78, 5) is 0. The topological polar surface area (TPSA) is 26.0 Å². The second-order valence-corrected chi connectivity index (χ2v) is 3.91. The Morgan fingerprint density at radius 1 is 1.40 bits per heavy atom. The van der Waals surface area contributed by atoms with Gasteiger partial charge in [0.05, 0.1) is 10.4 Å². The highest BCUT2D eigenvalue weighted by molar-refractivity contribution is 9.08. The summed E-state index contributed by atoms with van der Waals surface area (Å²) >= 11 is 8.81. The molecule has 2 aromatic rings. The van der Waals surface area contributed by atoms with Crippen molar-refractivity contribution in [3.8, 4) is 11.3 Å². The van der Waals surface area contributed by atoms with Gasteiger partial charge in [-0.15, -0.1) is 0 Å². The SMILES string of the molecule is Fc1cc(-c2cc(CBr)on2)ccc1Cl. The van der Waals surface area contributed by atoms with Crippen LogP contribution in [0.1, 0.15) is 5.76 Å². The van der Waals surface area contributed by atoms with Gasteiger partial charge in [0.25, 0.3) is 0 Å². The Bertz CT molecular complexity index is 486. The maximum Gasteiger partial charge on any atom is 0.147 e. The van der Waals surface area contributed by atoms with Crippen molar-refractivity contribution >= 4 is 27.5 Å². The average Bonchev–Trinajstić information content (AvgIpc) is 2.70. The third-order valence-electron chi connectivity index (χ3n) is 1.91. The van der Waals surface area contributed by atoms with Gasteiger partial charge in [0.2, 0.25) is 0 Å². The van der Waals surface area contributed by atoms with Crippen molar-refractivity contribution in [2.75, 3.05) is 0 Å². The zero-order valence-electron chi connectivity index (χ0n) is 7.51. The van der Waals surface area contributed by atoms with Crippen LogP contribution in [0.25, 0.3) is 11.3 Å². The molecule has 0 amide bonds. The van der Waals surface area contributed by atoms with E-state index in [0.29, 0.717) is 22.3 Å². The standard InChI is InChI=1S/C10H6BrClFNO/c11-5-7-4-10(14-15-7)6-1-2-8(12)9(13)3-6/h1-4H,5H2. The molecule has 0 bridgehead atoms. The molecule has 1 aromatic heterocycles. The third kappa shape index (κ3) is 2.21. The Hall–Kier alpha value is -0.870. The lowest BCUT2D eigenvalue weighted by atomic mass is 10.1. The van der Waals surface area contributed by atoms with E-state index in [-0.39, 0.29) is 5.02 Å². The summed E-state index contributed by atoms with van der Waals surface area (Å²) in [5.74, 6) is 0.234. The molecule has 0 saturated heterocycles. The van der Waals surface area contributed by atoms with Crippen molar-refractivity contribution in [2.45, 2.75) is 5.33 Å². The quantitative estimate of drug-likeness (QED) is 0.781. The summed E-state index contributed by atoms with van der Waals surface area (Å²) in [7, 11) is 0. The molecule has 2 rings (SSSR count). The first kappa shape index (κ1) is 10.6. The molecule has 0 atom stereocenters. The molecule has 0 aliphatic carbocycles. The number of nitrogens with zero attached hydrogens (tertiary/aromatic N) is 1. The van der Waals surface area contributed by atoms with Gasteiger partial charge in [-0.25, -0.2) is 4.39 Å². The van der Waals surface area contributed by atoms with E-state index in [1.807, 2.05) is 0 Å².